The molecule has 3 N–H and O–H groups in total. The molecule has 0 spiro atoms. The molecule has 0 fully saturated rings. The fourth-order valence-corrected chi connectivity index (χ4v) is 3.14. The van der Waals surface area contributed by atoms with Gasteiger partial charge in [0, 0.05) is 11.3 Å². The predicted molar refractivity (Wildman–Crippen MR) is 88.1 cm³/mol. The maximum atomic E-state index is 12.4. The first-order valence-corrected chi connectivity index (χ1v) is 8.72. The highest BCUT2D eigenvalue weighted by molar-refractivity contribution is 7.90. The lowest BCUT2D eigenvalue weighted by Gasteiger charge is -2.16. The summed E-state index contributed by atoms with van der Waals surface area (Å²) in [5, 5.41) is -1.41. The fraction of sp³-hybridized carbons (Fsp3) is 0.250. The Kier molecular flexibility index (Phi) is 5.12. The van der Waals surface area contributed by atoms with E-state index in [1.165, 1.54) is 12.1 Å². The van der Waals surface area contributed by atoms with E-state index >= 15 is 0 Å². The quantitative estimate of drug-likeness (QED) is 0.866. The maximum absolute atomic E-state index is 12.4. The number of nitrogens with one attached hydrogen (secondary N) is 1. The van der Waals surface area contributed by atoms with Crippen LogP contribution < -0.4 is 10.5 Å². The molecule has 23 heavy (non-hydrogen) atoms. The summed E-state index contributed by atoms with van der Waals surface area (Å²) < 4.78 is 26.8. The Morgan fingerprint density at radius 3 is 2.48 bits per heavy atom. The minimum Gasteiger partial charge on any atom is -0.309 e. The third-order valence-electron chi connectivity index (χ3n) is 3.41. The van der Waals surface area contributed by atoms with Crippen LogP contribution in [0.15, 0.2) is 42.5 Å². The van der Waals surface area contributed by atoms with E-state index < -0.39 is 21.3 Å². The number of nitrogens with two attached hydrogens (primary N) is 1. The summed E-state index contributed by atoms with van der Waals surface area (Å²) in [7, 11) is -4.09. The average Bonchev–Trinajstić information content (AvgIpc) is 2.54. The highest BCUT2D eigenvalue weighted by Crippen LogP contribution is 2.20. The van der Waals surface area contributed by atoms with Crippen molar-refractivity contribution >= 4 is 15.9 Å². The van der Waals surface area contributed by atoms with E-state index in [1.807, 2.05) is 11.6 Å². The molecule has 0 saturated heterocycles. The van der Waals surface area contributed by atoms with E-state index in [0.717, 1.165) is 5.56 Å². The molecule has 1 heterocycles. The summed E-state index contributed by atoms with van der Waals surface area (Å²) in [5.41, 5.74) is 7.79. The first-order chi connectivity index (χ1) is 10.8. The Hall–Kier alpha value is -2.25. The van der Waals surface area contributed by atoms with E-state index in [2.05, 4.69) is 4.98 Å². The van der Waals surface area contributed by atoms with Crippen molar-refractivity contribution in [2.24, 2.45) is 5.73 Å². The molecule has 1 atom stereocenters. The van der Waals surface area contributed by atoms with Crippen LogP contribution >= 0.6 is 0 Å². The zero-order valence-corrected chi connectivity index (χ0v) is 13.8. The Balaban J connectivity index is 2.29. The number of amides is 1. The monoisotopic (exact) mass is 333 g/mol. The van der Waals surface area contributed by atoms with Gasteiger partial charge in [-0.25, -0.2) is 13.1 Å². The topological polar surface area (TPSA) is 102 Å². The summed E-state index contributed by atoms with van der Waals surface area (Å²) in [6.07, 6.45) is 0.596. The van der Waals surface area contributed by atoms with Crippen molar-refractivity contribution in [2.45, 2.75) is 25.6 Å². The Labute approximate surface area is 135 Å². The van der Waals surface area contributed by atoms with E-state index in [-0.39, 0.29) is 11.3 Å². The summed E-state index contributed by atoms with van der Waals surface area (Å²) in [4.78, 5) is 16.3. The van der Waals surface area contributed by atoms with Crippen LogP contribution in [-0.2, 0) is 16.4 Å². The third-order valence-corrected chi connectivity index (χ3v) is 4.77. The van der Waals surface area contributed by atoms with Crippen LogP contribution in [0.3, 0.4) is 0 Å². The lowest BCUT2D eigenvalue weighted by atomic mass is 10.1. The van der Waals surface area contributed by atoms with E-state index in [1.54, 1.807) is 37.3 Å². The number of aromatic nitrogens is 1. The molecule has 0 radical (unpaired) electrons. The molecule has 7 heteroatoms. The van der Waals surface area contributed by atoms with Crippen molar-refractivity contribution in [3.8, 4) is 0 Å². The highest BCUT2D eigenvalue weighted by atomic mass is 32.2. The average molecular weight is 333 g/mol. The van der Waals surface area contributed by atoms with Gasteiger partial charge in [0.2, 0.25) is 0 Å². The van der Waals surface area contributed by atoms with Gasteiger partial charge in [0.05, 0.1) is 5.69 Å². The molecule has 1 aromatic heterocycles. The number of hydrogen-bond acceptors (Lipinski definition) is 5. The van der Waals surface area contributed by atoms with Crippen molar-refractivity contribution in [1.82, 2.24) is 9.71 Å². The Morgan fingerprint density at radius 2 is 1.87 bits per heavy atom. The van der Waals surface area contributed by atoms with Gasteiger partial charge in [0.15, 0.2) is 5.37 Å². The first kappa shape index (κ1) is 17.1. The molecule has 2 rings (SSSR count). The molecule has 6 nitrogen and oxygen atoms in total. The maximum Gasteiger partial charge on any atom is 0.264 e. The molecular formula is C16H19N3O3S. The van der Waals surface area contributed by atoms with Crippen molar-refractivity contribution < 1.29 is 13.2 Å². The number of rotatable bonds is 5. The Morgan fingerprint density at radius 1 is 1.22 bits per heavy atom. The fourth-order valence-electron chi connectivity index (χ4n) is 2.14. The summed E-state index contributed by atoms with van der Waals surface area (Å²) >= 11 is 0. The van der Waals surface area contributed by atoms with Gasteiger partial charge in [-0.05, 0) is 37.1 Å². The van der Waals surface area contributed by atoms with Crippen molar-refractivity contribution in [3.63, 3.8) is 0 Å². The smallest absolute Gasteiger partial charge is 0.264 e. The van der Waals surface area contributed by atoms with E-state index in [0.29, 0.717) is 12.1 Å². The number of hydrogen-bond donors (Lipinski definition) is 2. The number of carbonyl (C=O) groups is 1. The van der Waals surface area contributed by atoms with Crippen LogP contribution in [0.25, 0.3) is 0 Å². The van der Waals surface area contributed by atoms with Gasteiger partial charge < -0.3 is 5.73 Å². The molecule has 0 aliphatic carbocycles. The second-order valence-corrected chi connectivity index (χ2v) is 6.92. The van der Waals surface area contributed by atoms with Crippen LogP contribution in [0.2, 0.25) is 0 Å². The number of aryl methyl sites for hydroxylation is 2. The van der Waals surface area contributed by atoms with Gasteiger partial charge in [-0.1, -0.05) is 31.2 Å². The zero-order chi connectivity index (χ0) is 17.0. The van der Waals surface area contributed by atoms with Crippen molar-refractivity contribution in [2.75, 3.05) is 0 Å². The van der Waals surface area contributed by atoms with Gasteiger partial charge in [0.1, 0.15) is 0 Å². The second kappa shape index (κ2) is 6.89. The van der Waals surface area contributed by atoms with E-state index in [4.69, 9.17) is 5.73 Å². The van der Waals surface area contributed by atoms with Crippen LogP contribution in [0.4, 0.5) is 0 Å². The van der Waals surface area contributed by atoms with Crippen LogP contribution in [0, 0.1) is 6.92 Å². The third kappa shape index (κ3) is 3.94. The standard InChI is InChI=1S/C16H19N3O3S/c1-3-12-10-9-11(2)18-14(12)15(17)23(21,22)19-16(20)13-7-5-4-6-8-13/h4-10,15H,3,17H2,1-2H3,(H,19,20). The lowest BCUT2D eigenvalue weighted by molar-refractivity contribution is 0.0981. The van der Waals surface area contributed by atoms with Gasteiger partial charge in [-0.3, -0.25) is 9.78 Å². The van der Waals surface area contributed by atoms with Crippen LogP contribution in [0.5, 0.6) is 0 Å². The van der Waals surface area contributed by atoms with Crippen LogP contribution in [0.1, 0.15) is 39.6 Å². The summed E-state index contributed by atoms with van der Waals surface area (Å²) in [5.74, 6) is -0.716. The molecule has 0 saturated carbocycles. The van der Waals surface area contributed by atoms with Gasteiger partial charge in [-0.15, -0.1) is 0 Å². The molecule has 1 unspecified atom stereocenters. The van der Waals surface area contributed by atoms with Crippen molar-refractivity contribution in [3.05, 3.63) is 65.0 Å². The summed E-state index contributed by atoms with van der Waals surface area (Å²) in [6, 6.07) is 11.7. The molecular weight excluding hydrogens is 314 g/mol. The SMILES string of the molecule is CCc1ccc(C)nc1C(N)S(=O)(=O)NC(=O)c1ccccc1. The molecule has 2 aromatic rings. The molecule has 0 bridgehead atoms. The highest BCUT2D eigenvalue weighted by Gasteiger charge is 2.28. The number of pyridine rings is 1. The summed E-state index contributed by atoms with van der Waals surface area (Å²) in [6.45, 7) is 3.64. The molecule has 122 valence electrons. The normalized spacial score (nSPS) is 12.7. The lowest BCUT2D eigenvalue weighted by Crippen LogP contribution is -2.38. The number of sulfonamides is 1. The Bertz CT molecular complexity index is 805. The molecule has 0 aliphatic rings. The van der Waals surface area contributed by atoms with Crippen LogP contribution in [-0.4, -0.2) is 19.3 Å². The molecule has 1 amide bonds. The van der Waals surface area contributed by atoms with Gasteiger partial charge in [-0.2, -0.15) is 0 Å². The number of carbonyl (C=O) groups excluding carboxylic acids is 1. The van der Waals surface area contributed by atoms with Gasteiger partial charge in [0.25, 0.3) is 15.9 Å². The second-order valence-electron chi connectivity index (χ2n) is 5.11. The minimum absolute atomic E-state index is 0.246. The van der Waals surface area contributed by atoms with E-state index in [9.17, 15) is 13.2 Å². The van der Waals surface area contributed by atoms with Gasteiger partial charge >= 0.3 is 0 Å². The largest absolute Gasteiger partial charge is 0.309 e. The number of nitrogens with zero attached hydrogens (tertiary/aromatic N) is 1. The van der Waals surface area contributed by atoms with Crippen molar-refractivity contribution in [1.29, 1.82) is 0 Å². The first-order valence-electron chi connectivity index (χ1n) is 7.18. The zero-order valence-electron chi connectivity index (χ0n) is 13.0. The molecule has 0 aliphatic heterocycles. The predicted octanol–water partition coefficient (Wildman–Crippen LogP) is 1.67. The number of benzene rings is 1. The molecule has 1 aromatic carbocycles. The minimum atomic E-state index is -4.09.